The van der Waals surface area contributed by atoms with Gasteiger partial charge in [-0.1, -0.05) is 24.6 Å². The molecule has 1 aromatic rings. The number of para-hydroxylation sites is 1. The normalized spacial score (nSPS) is 22.8. The summed E-state index contributed by atoms with van der Waals surface area (Å²) in [6.07, 6.45) is -10.5. The number of Topliss-reactive ketones (excluding diaryl/α,β-unsaturated/α-hetero) is 8. The summed E-state index contributed by atoms with van der Waals surface area (Å²) >= 11 is 0. The van der Waals surface area contributed by atoms with Crippen molar-refractivity contribution in [3.8, 4) is 5.75 Å². The van der Waals surface area contributed by atoms with E-state index in [4.69, 9.17) is 61.6 Å². The minimum absolute atomic E-state index is 0.0387. The van der Waals surface area contributed by atoms with Gasteiger partial charge >= 0.3 is 0 Å². The van der Waals surface area contributed by atoms with Crippen LogP contribution >= 0.6 is 0 Å². The zero-order valence-electron chi connectivity index (χ0n) is 46.6. The lowest BCUT2D eigenvalue weighted by Gasteiger charge is -2.45. The average Bonchev–Trinajstić information content (AvgIpc) is 3.41. The zero-order chi connectivity index (χ0) is 58.3. The number of rotatable bonds is 43. The Morgan fingerprint density at radius 1 is 0.443 bits per heavy atom. The van der Waals surface area contributed by atoms with Crippen LogP contribution in [0.15, 0.2) is 30.3 Å². The maximum absolute atomic E-state index is 14.2. The third-order valence-electron chi connectivity index (χ3n) is 11.4. The molecule has 79 heavy (non-hydrogen) atoms. The van der Waals surface area contributed by atoms with Crippen molar-refractivity contribution in [1.82, 2.24) is 10.2 Å². The molecule has 0 bridgehead atoms. The van der Waals surface area contributed by atoms with Crippen LogP contribution in [0.2, 0.25) is 0 Å². The van der Waals surface area contributed by atoms with Gasteiger partial charge in [0.25, 0.3) is 5.91 Å². The van der Waals surface area contributed by atoms with Crippen LogP contribution in [0, 0.1) is 0 Å². The van der Waals surface area contributed by atoms with E-state index in [1.54, 1.807) is 24.3 Å². The van der Waals surface area contributed by atoms with Crippen LogP contribution < -0.4 is 10.1 Å². The lowest BCUT2D eigenvalue weighted by atomic mass is 9.98. The fourth-order valence-corrected chi connectivity index (χ4v) is 7.95. The summed E-state index contributed by atoms with van der Waals surface area (Å²) in [6, 6.07) is 8.88. The van der Waals surface area contributed by atoms with Crippen molar-refractivity contribution in [2.75, 3.05) is 106 Å². The summed E-state index contributed by atoms with van der Waals surface area (Å²) in [4.78, 5) is 125. The SMILES string of the molecule is CC(=O)COC[C@H]1O[C@H](OCCN(CCOC2O[C@H](COCC(C)=O)[C@@H](OCC(C)=O)[C@H](OCC(C)=O)[C@@H]2OCC(C)=O)C(=O)CCCCCNC(=O)COc2ccccc2)[C@@H](OCC(C)=O)[C@@H](OCC(C)=O)[C@@H]1OCC(C)=O. The number of nitrogens with one attached hydrogen (secondary N) is 1. The molecule has 0 saturated carbocycles. The number of hydrogen-bond donors (Lipinski definition) is 1. The molecule has 2 heterocycles. The Hall–Kier alpha value is -5.16. The van der Waals surface area contributed by atoms with E-state index in [-0.39, 0.29) is 124 Å². The van der Waals surface area contributed by atoms with Crippen LogP contribution in [-0.2, 0) is 105 Å². The molecule has 0 aromatic heterocycles. The molecule has 1 N–H and O–H groups in total. The molecule has 2 fully saturated rings. The van der Waals surface area contributed by atoms with E-state index in [0.29, 0.717) is 31.6 Å². The van der Waals surface area contributed by atoms with Gasteiger partial charge in [-0.2, -0.15) is 0 Å². The number of ether oxygens (including phenoxy) is 13. The monoisotopic (exact) mass is 1120 g/mol. The van der Waals surface area contributed by atoms with Crippen LogP contribution in [0.1, 0.15) is 81.1 Å². The van der Waals surface area contributed by atoms with E-state index in [1.807, 2.05) is 6.07 Å². The summed E-state index contributed by atoms with van der Waals surface area (Å²) in [5.41, 5.74) is 0. The lowest BCUT2D eigenvalue weighted by Crippen LogP contribution is -2.63. The number of carbonyl (C=O) groups is 10. The molecule has 0 aliphatic carbocycles. The summed E-state index contributed by atoms with van der Waals surface area (Å²) in [6.45, 7) is 6.18. The Morgan fingerprint density at radius 2 is 0.823 bits per heavy atom. The number of ketones is 8. The number of nitrogens with zero attached hydrogens (tertiary/aromatic N) is 1. The maximum Gasteiger partial charge on any atom is 0.257 e. The second-order valence-corrected chi connectivity index (χ2v) is 19.3. The van der Waals surface area contributed by atoms with Crippen molar-refractivity contribution >= 4 is 58.1 Å². The third kappa shape index (κ3) is 27.7. The molecular formula is C54H80N2O23. The van der Waals surface area contributed by atoms with Gasteiger partial charge < -0.3 is 71.8 Å². The Balaban J connectivity index is 1.92. The first-order valence-corrected chi connectivity index (χ1v) is 26.2. The highest BCUT2D eigenvalue weighted by Crippen LogP contribution is 2.31. The van der Waals surface area contributed by atoms with E-state index in [9.17, 15) is 47.9 Å². The van der Waals surface area contributed by atoms with Gasteiger partial charge in [0, 0.05) is 26.1 Å². The van der Waals surface area contributed by atoms with Crippen LogP contribution in [0.3, 0.4) is 0 Å². The van der Waals surface area contributed by atoms with Crippen LogP contribution in [0.25, 0.3) is 0 Å². The highest BCUT2D eigenvalue weighted by molar-refractivity contribution is 5.79. The molecule has 10 atom stereocenters. The van der Waals surface area contributed by atoms with E-state index in [2.05, 4.69) is 5.32 Å². The highest BCUT2D eigenvalue weighted by Gasteiger charge is 2.51. The molecule has 25 nitrogen and oxygen atoms in total. The Labute approximate surface area is 460 Å². The second kappa shape index (κ2) is 37.7. The molecule has 2 aliphatic heterocycles. The van der Waals surface area contributed by atoms with Gasteiger partial charge in [0.2, 0.25) is 5.91 Å². The Bertz CT molecular complexity index is 2000. The first-order chi connectivity index (χ1) is 37.6. The van der Waals surface area contributed by atoms with Gasteiger partial charge in [0.15, 0.2) is 65.5 Å². The van der Waals surface area contributed by atoms with Crippen molar-refractivity contribution in [2.45, 2.75) is 142 Å². The molecular weight excluding hydrogens is 1040 g/mol. The standard InChI is InChI=1S/C54H80N2O23/c1-34(57)23-67-31-43-47(72-25-36(3)59)49(74-27-38(5)61)51(76-29-40(7)63)53(78-43)69-21-19-56(46(66)17-13-10-14-18-55-45(65)33-71-42-15-11-9-12-16-42)20-22-70-54-52(77-30-41(8)64)50(75-28-39(6)62)48(73-26-37(4)60)44(79-54)32-68-24-35(2)58/h9,11-12,15-16,43-44,47-54H,10,13-14,17-33H2,1-8H3,(H,55,65)/t43-,44-,47-,48-,49+,50+,51+,52+,53+,54?/m1/s1. The van der Waals surface area contributed by atoms with E-state index >= 15 is 0 Å². The molecule has 3 rings (SSSR count). The Morgan fingerprint density at radius 3 is 1.22 bits per heavy atom. The molecule has 2 saturated heterocycles. The number of carbonyl (C=O) groups excluding carboxylic acids is 10. The molecule has 444 valence electrons. The van der Waals surface area contributed by atoms with Crippen molar-refractivity contribution in [2.24, 2.45) is 0 Å². The quantitative estimate of drug-likeness (QED) is 0.0896. The average molecular weight is 1130 g/mol. The molecule has 0 radical (unpaired) electrons. The van der Waals surface area contributed by atoms with E-state index < -0.39 is 101 Å². The van der Waals surface area contributed by atoms with Gasteiger partial charge in [-0.15, -0.1) is 0 Å². The van der Waals surface area contributed by atoms with Crippen molar-refractivity contribution in [3.63, 3.8) is 0 Å². The molecule has 2 amide bonds. The Kier molecular flexibility index (Phi) is 32.5. The topological polar surface area (TPSA) is 306 Å². The number of unbranched alkanes of at least 4 members (excludes halogenated alkanes) is 2. The number of hydrogen-bond acceptors (Lipinski definition) is 23. The summed E-state index contributed by atoms with van der Waals surface area (Å²) in [5.74, 6) is -2.89. The van der Waals surface area contributed by atoms with Gasteiger partial charge in [0.05, 0.1) is 26.4 Å². The number of amides is 2. The zero-order valence-corrected chi connectivity index (χ0v) is 46.6. The summed E-state index contributed by atoms with van der Waals surface area (Å²) in [5, 5.41) is 2.80. The van der Waals surface area contributed by atoms with E-state index in [0.717, 1.165) is 0 Å². The van der Waals surface area contributed by atoms with Crippen LogP contribution in [0.4, 0.5) is 0 Å². The predicted molar refractivity (Wildman–Crippen MR) is 275 cm³/mol. The minimum Gasteiger partial charge on any atom is -0.484 e. The summed E-state index contributed by atoms with van der Waals surface area (Å²) in [7, 11) is 0. The van der Waals surface area contributed by atoms with Crippen LogP contribution in [-0.4, -0.2) is 230 Å². The first kappa shape index (κ1) is 68.1. The highest BCUT2D eigenvalue weighted by atomic mass is 16.7. The van der Waals surface area contributed by atoms with Gasteiger partial charge in [-0.05, 0) is 80.4 Å². The largest absolute Gasteiger partial charge is 0.484 e. The molecule has 25 heteroatoms. The third-order valence-corrected chi connectivity index (χ3v) is 11.4. The van der Waals surface area contributed by atoms with Crippen molar-refractivity contribution in [1.29, 1.82) is 0 Å². The van der Waals surface area contributed by atoms with Gasteiger partial charge in [0.1, 0.15) is 107 Å². The fourth-order valence-electron chi connectivity index (χ4n) is 7.95. The number of benzene rings is 1. The smallest absolute Gasteiger partial charge is 0.257 e. The van der Waals surface area contributed by atoms with Crippen molar-refractivity contribution in [3.05, 3.63) is 30.3 Å². The molecule has 1 aromatic carbocycles. The second-order valence-electron chi connectivity index (χ2n) is 19.3. The van der Waals surface area contributed by atoms with Crippen LogP contribution in [0.5, 0.6) is 5.75 Å². The molecule has 1 unspecified atom stereocenters. The minimum atomic E-state index is -1.37. The summed E-state index contributed by atoms with van der Waals surface area (Å²) < 4.78 is 78.0. The molecule has 2 aliphatic rings. The fraction of sp³-hybridized carbons (Fsp3) is 0.704. The maximum atomic E-state index is 14.2. The first-order valence-electron chi connectivity index (χ1n) is 26.2. The van der Waals surface area contributed by atoms with Gasteiger partial charge in [-0.25, -0.2) is 0 Å². The molecule has 0 spiro atoms. The van der Waals surface area contributed by atoms with Crippen molar-refractivity contribution < 1.29 is 110 Å². The predicted octanol–water partition coefficient (Wildman–Crippen LogP) is 1.11. The lowest BCUT2D eigenvalue weighted by molar-refractivity contribution is -0.321. The van der Waals surface area contributed by atoms with E-state index in [1.165, 1.54) is 60.3 Å². The van der Waals surface area contributed by atoms with Gasteiger partial charge in [-0.3, -0.25) is 47.9 Å².